The average molecular weight is 281 g/mol. The second kappa shape index (κ2) is 6.19. The molecule has 1 heterocycles. The van der Waals surface area contributed by atoms with E-state index in [1.54, 1.807) is 29.2 Å². The van der Waals surface area contributed by atoms with Gasteiger partial charge >= 0.3 is 5.97 Å². The molecule has 100 valence electrons. The first-order valence-electron chi connectivity index (χ1n) is 5.77. The molecule has 1 aromatic heterocycles. The van der Waals surface area contributed by atoms with Crippen LogP contribution in [0.2, 0.25) is 5.02 Å². The van der Waals surface area contributed by atoms with Crippen LogP contribution in [-0.2, 0) is 6.54 Å². The first-order chi connectivity index (χ1) is 9.16. The molecule has 0 fully saturated rings. The van der Waals surface area contributed by atoms with Gasteiger partial charge in [0.05, 0.1) is 11.8 Å². The molecule has 1 aromatic carbocycles. The number of nitrogens with zero attached hydrogens (tertiary/aromatic N) is 3. The summed E-state index contributed by atoms with van der Waals surface area (Å²) in [6.45, 7) is 1.37. The molecule has 0 atom stereocenters. The summed E-state index contributed by atoms with van der Waals surface area (Å²) in [5.41, 5.74) is 0.740. The van der Waals surface area contributed by atoms with Crippen molar-refractivity contribution in [2.75, 3.05) is 11.9 Å². The maximum absolute atomic E-state index is 11.1. The Kier molecular flexibility index (Phi) is 4.35. The number of hydrogen-bond donors (Lipinski definition) is 2. The molecule has 6 nitrogen and oxygen atoms in total. The smallest absolute Gasteiger partial charge is 0.337 e. The van der Waals surface area contributed by atoms with E-state index >= 15 is 0 Å². The number of nitrogens with one attached hydrogen (secondary N) is 1. The summed E-state index contributed by atoms with van der Waals surface area (Å²) >= 11 is 5.78. The molecule has 0 amide bonds. The first kappa shape index (κ1) is 13.4. The Morgan fingerprint density at radius 3 is 3.00 bits per heavy atom. The lowest BCUT2D eigenvalue weighted by molar-refractivity contribution is 0.0698. The normalized spacial score (nSPS) is 10.4. The van der Waals surface area contributed by atoms with Crippen LogP contribution in [0.25, 0.3) is 0 Å². The second-order valence-corrected chi connectivity index (χ2v) is 4.38. The van der Waals surface area contributed by atoms with Crippen LogP contribution >= 0.6 is 11.6 Å². The number of halogens is 1. The third kappa shape index (κ3) is 3.69. The van der Waals surface area contributed by atoms with Crippen LogP contribution in [0.5, 0.6) is 0 Å². The van der Waals surface area contributed by atoms with Gasteiger partial charge in [-0.25, -0.2) is 4.79 Å². The molecule has 0 unspecified atom stereocenters. The van der Waals surface area contributed by atoms with Gasteiger partial charge in [0.15, 0.2) is 0 Å². The molecule has 0 radical (unpaired) electrons. The van der Waals surface area contributed by atoms with Gasteiger partial charge in [-0.2, -0.15) is 0 Å². The number of hydrogen-bond acceptors (Lipinski definition) is 4. The molecule has 2 N–H and O–H groups in total. The van der Waals surface area contributed by atoms with Crippen molar-refractivity contribution < 1.29 is 9.90 Å². The summed E-state index contributed by atoms with van der Waals surface area (Å²) < 4.78 is 1.72. The van der Waals surface area contributed by atoms with Crippen molar-refractivity contribution >= 4 is 23.3 Å². The highest BCUT2D eigenvalue weighted by molar-refractivity contribution is 6.31. The predicted molar refractivity (Wildman–Crippen MR) is 71.5 cm³/mol. The Labute approximate surface area is 115 Å². The minimum Gasteiger partial charge on any atom is -0.478 e. The fourth-order valence-electron chi connectivity index (χ4n) is 1.66. The Morgan fingerprint density at radius 2 is 2.32 bits per heavy atom. The van der Waals surface area contributed by atoms with E-state index in [9.17, 15) is 4.79 Å². The van der Waals surface area contributed by atoms with Gasteiger partial charge in [0, 0.05) is 30.0 Å². The molecule has 0 spiro atoms. The maximum atomic E-state index is 11.1. The quantitative estimate of drug-likeness (QED) is 0.793. The topological polar surface area (TPSA) is 80.0 Å². The number of carboxylic acid groups (broad SMARTS) is 1. The van der Waals surface area contributed by atoms with E-state index in [0.29, 0.717) is 17.3 Å². The Morgan fingerprint density at radius 1 is 1.47 bits per heavy atom. The number of carboxylic acids is 1. The summed E-state index contributed by atoms with van der Waals surface area (Å²) in [6.07, 6.45) is 4.21. The molecule has 0 aliphatic carbocycles. The zero-order valence-electron chi connectivity index (χ0n) is 10.1. The highest BCUT2D eigenvalue weighted by Gasteiger charge is 2.10. The van der Waals surface area contributed by atoms with Crippen LogP contribution < -0.4 is 5.32 Å². The Bertz CT molecular complexity index is 557. The van der Waals surface area contributed by atoms with Crippen molar-refractivity contribution in [1.82, 2.24) is 15.0 Å². The van der Waals surface area contributed by atoms with E-state index in [2.05, 4.69) is 15.6 Å². The van der Waals surface area contributed by atoms with Gasteiger partial charge in [0.2, 0.25) is 0 Å². The van der Waals surface area contributed by atoms with E-state index < -0.39 is 5.97 Å². The lowest BCUT2D eigenvalue weighted by atomic mass is 10.2. The van der Waals surface area contributed by atoms with Crippen LogP contribution in [0.4, 0.5) is 5.69 Å². The van der Waals surface area contributed by atoms with Gasteiger partial charge in [-0.15, -0.1) is 5.10 Å². The number of aromatic carboxylic acids is 1. The molecule has 0 bridgehead atoms. The minimum absolute atomic E-state index is 0.174. The lowest BCUT2D eigenvalue weighted by Crippen LogP contribution is -2.10. The van der Waals surface area contributed by atoms with E-state index in [0.717, 1.165) is 13.0 Å². The van der Waals surface area contributed by atoms with Crippen molar-refractivity contribution in [3.05, 3.63) is 41.2 Å². The van der Waals surface area contributed by atoms with E-state index in [1.165, 1.54) is 6.07 Å². The van der Waals surface area contributed by atoms with Crippen molar-refractivity contribution in [2.24, 2.45) is 0 Å². The average Bonchev–Trinajstić information content (AvgIpc) is 2.89. The number of rotatable bonds is 6. The van der Waals surface area contributed by atoms with Gasteiger partial charge in [0.25, 0.3) is 0 Å². The second-order valence-electron chi connectivity index (χ2n) is 3.94. The lowest BCUT2D eigenvalue weighted by Gasteiger charge is -2.09. The van der Waals surface area contributed by atoms with Crippen molar-refractivity contribution in [3.63, 3.8) is 0 Å². The molecule has 7 heteroatoms. The molecular formula is C12H13ClN4O2. The summed E-state index contributed by atoms with van der Waals surface area (Å²) in [7, 11) is 0. The largest absolute Gasteiger partial charge is 0.478 e. The highest BCUT2D eigenvalue weighted by atomic mass is 35.5. The van der Waals surface area contributed by atoms with Crippen LogP contribution in [0.3, 0.4) is 0 Å². The summed E-state index contributed by atoms with van der Waals surface area (Å²) in [4.78, 5) is 11.1. The van der Waals surface area contributed by atoms with E-state index in [4.69, 9.17) is 16.7 Å². The van der Waals surface area contributed by atoms with Gasteiger partial charge in [-0.1, -0.05) is 16.8 Å². The predicted octanol–water partition coefficient (Wildman–Crippen LogP) is 2.13. The standard InChI is InChI=1S/C12H13ClN4O2/c13-9-2-3-11(10(8-9)12(18)19)14-4-1-6-17-7-5-15-16-17/h2-3,5,7-8,14H,1,4,6H2,(H,18,19). The zero-order valence-corrected chi connectivity index (χ0v) is 10.8. The summed E-state index contributed by atoms with van der Waals surface area (Å²) in [5, 5.41) is 20.1. The number of aryl methyl sites for hydroxylation is 1. The van der Waals surface area contributed by atoms with Crippen LogP contribution in [0.1, 0.15) is 16.8 Å². The molecule has 0 aliphatic heterocycles. The monoisotopic (exact) mass is 280 g/mol. The molecule has 0 saturated carbocycles. The Balaban J connectivity index is 1.90. The number of anilines is 1. The van der Waals surface area contributed by atoms with Crippen LogP contribution in [0.15, 0.2) is 30.6 Å². The fourth-order valence-corrected chi connectivity index (χ4v) is 1.84. The molecule has 2 aromatic rings. The van der Waals surface area contributed by atoms with Gasteiger partial charge < -0.3 is 10.4 Å². The van der Waals surface area contributed by atoms with Crippen molar-refractivity contribution in [1.29, 1.82) is 0 Å². The molecule has 19 heavy (non-hydrogen) atoms. The van der Waals surface area contributed by atoms with Gasteiger partial charge in [-0.05, 0) is 24.6 Å². The third-order valence-electron chi connectivity index (χ3n) is 2.56. The maximum Gasteiger partial charge on any atom is 0.337 e. The van der Waals surface area contributed by atoms with Crippen LogP contribution in [-0.4, -0.2) is 32.6 Å². The summed E-state index contributed by atoms with van der Waals surface area (Å²) in [5.74, 6) is -0.999. The number of benzene rings is 1. The Hall–Kier alpha value is -2.08. The number of carbonyl (C=O) groups is 1. The van der Waals surface area contributed by atoms with E-state index in [-0.39, 0.29) is 5.56 Å². The van der Waals surface area contributed by atoms with Crippen LogP contribution in [0, 0.1) is 0 Å². The van der Waals surface area contributed by atoms with Crippen molar-refractivity contribution in [2.45, 2.75) is 13.0 Å². The minimum atomic E-state index is -0.999. The molecule has 2 rings (SSSR count). The molecule has 0 aliphatic rings. The van der Waals surface area contributed by atoms with Gasteiger partial charge in [0.1, 0.15) is 0 Å². The fraction of sp³-hybridized carbons (Fsp3) is 0.250. The zero-order chi connectivity index (χ0) is 13.7. The SMILES string of the molecule is O=C(O)c1cc(Cl)ccc1NCCCn1ccnn1. The summed E-state index contributed by atoms with van der Waals surface area (Å²) in [6, 6.07) is 4.76. The van der Waals surface area contributed by atoms with Crippen molar-refractivity contribution in [3.8, 4) is 0 Å². The number of aromatic nitrogens is 3. The van der Waals surface area contributed by atoms with E-state index in [1.807, 2.05) is 0 Å². The first-order valence-corrected chi connectivity index (χ1v) is 6.15. The third-order valence-corrected chi connectivity index (χ3v) is 2.80. The van der Waals surface area contributed by atoms with Gasteiger partial charge in [-0.3, -0.25) is 4.68 Å². The molecular weight excluding hydrogens is 268 g/mol. The molecule has 0 saturated heterocycles. The highest BCUT2D eigenvalue weighted by Crippen LogP contribution is 2.20.